The zero-order valence-corrected chi connectivity index (χ0v) is 27.0. The van der Waals surface area contributed by atoms with Crippen molar-refractivity contribution >= 4 is 55.1 Å². The first kappa shape index (κ1) is 33.5. The van der Waals surface area contributed by atoms with Crippen LogP contribution < -0.4 is 10.7 Å². The lowest BCUT2D eigenvalue weighted by Gasteiger charge is -2.04. The number of aryl methyl sites for hydroxylation is 2. The Kier molecular flexibility index (Phi) is 9.70. The molecule has 5 aromatic carbocycles. The molecule has 0 aliphatic carbocycles. The van der Waals surface area contributed by atoms with Crippen LogP contribution in [-0.2, 0) is 10.0 Å². The van der Waals surface area contributed by atoms with Crippen molar-refractivity contribution in [2.24, 2.45) is 25.6 Å². The summed E-state index contributed by atoms with van der Waals surface area (Å²) in [7, 11) is -3.92. The van der Waals surface area contributed by atoms with Crippen LogP contribution in [0.5, 0.6) is 17.2 Å². The molecule has 1 aromatic heterocycles. The topological polar surface area (TPSA) is 208 Å². The molecule has 0 bridgehead atoms. The van der Waals surface area contributed by atoms with Gasteiger partial charge in [-0.15, -0.1) is 20.5 Å². The van der Waals surface area contributed by atoms with Crippen molar-refractivity contribution in [2.45, 2.75) is 18.7 Å². The van der Waals surface area contributed by atoms with E-state index in [2.05, 4.69) is 25.6 Å². The molecule has 48 heavy (non-hydrogen) atoms. The number of phenols is 3. The molecule has 0 saturated heterocycles. The van der Waals surface area contributed by atoms with E-state index in [1.807, 2.05) is 37.3 Å². The first-order valence-electron chi connectivity index (χ1n) is 14.1. The molecule has 0 saturated carbocycles. The van der Waals surface area contributed by atoms with Gasteiger partial charge in [0.05, 0.1) is 16.3 Å². The second kappa shape index (κ2) is 13.9. The number of sulfonamides is 1. The second-order valence-corrected chi connectivity index (χ2v) is 12.4. The van der Waals surface area contributed by atoms with E-state index in [-0.39, 0.29) is 39.2 Å². The fourth-order valence-electron chi connectivity index (χ4n) is 4.48. The van der Waals surface area contributed by atoms with Gasteiger partial charge in [0.15, 0.2) is 5.69 Å². The molecule has 0 amide bonds. The van der Waals surface area contributed by atoms with Crippen molar-refractivity contribution in [3.05, 3.63) is 124 Å². The van der Waals surface area contributed by atoms with Crippen LogP contribution in [0.4, 0.5) is 22.7 Å². The molecular weight excluding hydrogens is 658 g/mol. The van der Waals surface area contributed by atoms with Crippen LogP contribution in [-0.4, -0.2) is 33.5 Å². The summed E-state index contributed by atoms with van der Waals surface area (Å²) in [5, 5.41) is 55.5. The molecule has 0 fully saturated rings. The van der Waals surface area contributed by atoms with Gasteiger partial charge in [-0.1, -0.05) is 54.1 Å². The maximum atomic E-state index is 12.6. The molecule has 0 spiro atoms. The molecule has 13 nitrogen and oxygen atoms in total. The molecule has 6 N–H and O–H groups in total. The van der Waals surface area contributed by atoms with Gasteiger partial charge in [-0.05, 0) is 79.4 Å². The largest absolute Gasteiger partial charge is 0.506 e. The molecule has 0 atom stereocenters. The van der Waals surface area contributed by atoms with Crippen LogP contribution in [0.1, 0.15) is 11.3 Å². The molecule has 1 heterocycles. The van der Waals surface area contributed by atoms with Crippen molar-refractivity contribution in [3.8, 4) is 22.9 Å². The Morgan fingerprint density at radius 3 is 2.10 bits per heavy atom. The summed E-state index contributed by atoms with van der Waals surface area (Å²) in [6.07, 6.45) is 0. The molecule has 0 aliphatic rings. The number of H-pyrrole nitrogens is 1. The summed E-state index contributed by atoms with van der Waals surface area (Å²) in [6, 6.07) is 26.0. The highest BCUT2D eigenvalue weighted by atomic mass is 35.5. The van der Waals surface area contributed by atoms with Gasteiger partial charge in [0.25, 0.3) is 5.56 Å². The molecule has 0 aliphatic heterocycles. The van der Waals surface area contributed by atoms with E-state index in [0.717, 1.165) is 21.0 Å². The number of nitrogens with two attached hydrogens (primary N) is 1. The Bertz CT molecular complexity index is 2390. The number of nitrogens with one attached hydrogen (secondary N) is 1. The second-order valence-electron chi connectivity index (χ2n) is 10.4. The van der Waals surface area contributed by atoms with Crippen LogP contribution in [0.2, 0.25) is 5.02 Å². The SMILES string of the molecule is Cc1[nH]n(-c2cccc(S(N)(=O)=O)c2)c(=O)c1N=Nc1cc(Cl)ccc1O.Cc1ccc(O)c(N=Nc2c(O)ccc3ccccc23)c1. The van der Waals surface area contributed by atoms with Gasteiger partial charge in [-0.2, -0.15) is 0 Å². The fraction of sp³-hybridized carbons (Fsp3) is 0.0606. The number of primary sulfonamides is 1. The average molecular weight is 686 g/mol. The Morgan fingerprint density at radius 2 is 1.38 bits per heavy atom. The molecule has 0 radical (unpaired) electrons. The highest BCUT2D eigenvalue weighted by Gasteiger charge is 2.15. The first-order valence-corrected chi connectivity index (χ1v) is 16.0. The van der Waals surface area contributed by atoms with Crippen LogP contribution in [0, 0.1) is 13.8 Å². The van der Waals surface area contributed by atoms with E-state index in [9.17, 15) is 28.5 Å². The van der Waals surface area contributed by atoms with E-state index >= 15 is 0 Å². The Hall–Kier alpha value is -5.83. The minimum atomic E-state index is -3.92. The predicted octanol–water partition coefficient (Wildman–Crippen LogP) is 7.87. The lowest BCUT2D eigenvalue weighted by atomic mass is 10.1. The van der Waals surface area contributed by atoms with Gasteiger partial charge in [0, 0.05) is 10.4 Å². The monoisotopic (exact) mass is 685 g/mol. The lowest BCUT2D eigenvalue weighted by molar-refractivity contribution is 0.474. The number of azo groups is 2. The number of hydrogen-bond donors (Lipinski definition) is 5. The predicted molar refractivity (Wildman–Crippen MR) is 182 cm³/mol. The average Bonchev–Trinajstić information content (AvgIpc) is 3.34. The van der Waals surface area contributed by atoms with Gasteiger partial charge in [0.1, 0.15) is 34.3 Å². The number of halogens is 1. The number of hydrogen-bond acceptors (Lipinski definition) is 10. The van der Waals surface area contributed by atoms with E-state index in [1.165, 1.54) is 42.5 Å². The van der Waals surface area contributed by atoms with E-state index in [4.69, 9.17) is 16.7 Å². The summed E-state index contributed by atoms with van der Waals surface area (Å²) in [4.78, 5) is 12.5. The molecule has 244 valence electrons. The third-order valence-corrected chi connectivity index (χ3v) is 8.05. The van der Waals surface area contributed by atoms with Crippen LogP contribution >= 0.6 is 11.6 Å². The van der Waals surface area contributed by atoms with Crippen molar-refractivity contribution in [3.63, 3.8) is 0 Å². The van der Waals surface area contributed by atoms with Crippen LogP contribution in [0.15, 0.2) is 127 Å². The fourth-order valence-corrected chi connectivity index (χ4v) is 5.20. The third-order valence-electron chi connectivity index (χ3n) is 6.91. The number of aromatic hydroxyl groups is 3. The van der Waals surface area contributed by atoms with Crippen molar-refractivity contribution < 1.29 is 23.7 Å². The lowest BCUT2D eigenvalue weighted by Crippen LogP contribution is -2.16. The highest BCUT2D eigenvalue weighted by Crippen LogP contribution is 2.37. The zero-order valence-electron chi connectivity index (χ0n) is 25.4. The number of phenolic OH excluding ortho intramolecular Hbond substituents is 3. The maximum Gasteiger partial charge on any atom is 0.299 e. The summed E-state index contributed by atoms with van der Waals surface area (Å²) >= 11 is 5.85. The van der Waals surface area contributed by atoms with Gasteiger partial charge in [0.2, 0.25) is 10.0 Å². The summed E-state index contributed by atoms with van der Waals surface area (Å²) in [5.41, 5.74) is 1.96. The quantitative estimate of drug-likeness (QED) is 0.110. The van der Waals surface area contributed by atoms with Gasteiger partial charge >= 0.3 is 0 Å². The first-order chi connectivity index (χ1) is 22.8. The van der Waals surface area contributed by atoms with E-state index in [0.29, 0.717) is 22.1 Å². The highest BCUT2D eigenvalue weighted by molar-refractivity contribution is 7.89. The number of benzene rings is 5. The normalized spacial score (nSPS) is 11.7. The summed E-state index contributed by atoms with van der Waals surface area (Å²) < 4.78 is 24.1. The van der Waals surface area contributed by atoms with E-state index in [1.54, 1.807) is 31.2 Å². The third kappa shape index (κ3) is 7.58. The maximum absolute atomic E-state index is 12.6. The smallest absolute Gasteiger partial charge is 0.299 e. The number of fused-ring (bicyclic) bond motifs is 1. The molecule has 0 unspecified atom stereocenters. The number of nitrogens with zero attached hydrogens (tertiary/aromatic N) is 5. The minimum Gasteiger partial charge on any atom is -0.506 e. The summed E-state index contributed by atoms with van der Waals surface area (Å²) in [6.45, 7) is 3.52. The molecule has 6 rings (SSSR count). The Balaban J connectivity index is 0.000000194. The van der Waals surface area contributed by atoms with Crippen molar-refractivity contribution in [1.82, 2.24) is 9.78 Å². The van der Waals surface area contributed by atoms with Gasteiger partial charge in [-0.25, -0.2) is 18.2 Å². The molecule has 15 heteroatoms. The van der Waals surface area contributed by atoms with Crippen LogP contribution in [0.25, 0.3) is 16.5 Å². The van der Waals surface area contributed by atoms with E-state index < -0.39 is 15.6 Å². The zero-order chi connectivity index (χ0) is 34.6. The van der Waals surface area contributed by atoms with Gasteiger partial charge in [-0.3, -0.25) is 9.89 Å². The minimum absolute atomic E-state index is 0.00427. The van der Waals surface area contributed by atoms with Crippen molar-refractivity contribution in [2.75, 3.05) is 0 Å². The van der Waals surface area contributed by atoms with Crippen LogP contribution in [0.3, 0.4) is 0 Å². The summed E-state index contributed by atoms with van der Waals surface area (Å²) in [5.74, 6) is -0.0220. The molecule has 6 aromatic rings. The van der Waals surface area contributed by atoms with Gasteiger partial charge < -0.3 is 15.3 Å². The number of aromatic amines is 1. The van der Waals surface area contributed by atoms with Crippen molar-refractivity contribution in [1.29, 1.82) is 0 Å². The molecular formula is C33H28ClN7O6S. The Labute approximate surface area is 279 Å². The number of aromatic nitrogens is 2. The number of rotatable bonds is 6. The standard InChI is InChI=1S/C17H14N2O2.C16H14ClN5O4S/c1-11-6-8-15(20)14(10-11)18-19-17-13-5-3-2-4-12(13)7-9-16(17)21;1-9-15(20-19-13-7-10(17)5-6-14(13)23)16(24)22(21-9)11-3-2-4-12(8-11)27(18,25)26/h2-10,20-21H,1H3;2-8,21,23H,1H3,(H2,18,25,26). The Morgan fingerprint density at radius 1 is 0.729 bits per heavy atom.